The Kier molecular flexibility index (Phi) is 1.91. The fourth-order valence-electron chi connectivity index (χ4n) is 0.556. The van der Waals surface area contributed by atoms with Gasteiger partial charge < -0.3 is 5.32 Å². The highest BCUT2D eigenvalue weighted by Crippen LogP contribution is 2.04. The van der Waals surface area contributed by atoms with Crippen molar-refractivity contribution in [2.75, 3.05) is 12.4 Å². The van der Waals surface area contributed by atoms with Crippen molar-refractivity contribution in [1.29, 1.82) is 0 Å². The monoisotopic (exact) mass is 159 g/mol. The minimum atomic E-state index is -0.447. The molecule has 1 aromatic rings. The number of hydrogen-bond acceptors (Lipinski definition) is 3. The topological polar surface area (TPSA) is 57.8 Å². The molecule has 1 rings (SSSR count). The predicted molar refractivity (Wildman–Crippen MR) is 39.4 cm³/mol. The molecule has 0 aliphatic heterocycles. The Balaban J connectivity index is 3.19. The second-order valence-electron chi connectivity index (χ2n) is 1.67. The summed E-state index contributed by atoms with van der Waals surface area (Å²) in [5, 5.41) is 2.97. The Morgan fingerprint density at radius 1 is 1.80 bits per heavy atom. The quantitative estimate of drug-likeness (QED) is 0.586. The largest absolute Gasteiger partial charge is 0.373 e. The molecule has 0 radical (unpaired) electrons. The van der Waals surface area contributed by atoms with Gasteiger partial charge in [-0.15, -0.1) is 0 Å². The van der Waals surface area contributed by atoms with Gasteiger partial charge in [0.2, 0.25) is 0 Å². The fraction of sp³-hybridized carbons (Fsp3) is 0.200. The van der Waals surface area contributed by atoms with Gasteiger partial charge in [-0.1, -0.05) is 11.6 Å². The van der Waals surface area contributed by atoms with Gasteiger partial charge in [-0.2, -0.15) is 4.98 Å². The minimum Gasteiger partial charge on any atom is -0.373 e. The van der Waals surface area contributed by atoms with Gasteiger partial charge in [-0.25, -0.2) is 4.79 Å². The first-order valence-corrected chi connectivity index (χ1v) is 3.05. The van der Waals surface area contributed by atoms with Crippen molar-refractivity contribution in [3.05, 3.63) is 21.7 Å². The molecule has 2 N–H and O–H groups in total. The molecule has 4 nitrogen and oxygen atoms in total. The van der Waals surface area contributed by atoms with Crippen LogP contribution in [0.4, 0.5) is 5.82 Å². The van der Waals surface area contributed by atoms with Gasteiger partial charge in [0.15, 0.2) is 0 Å². The first-order chi connectivity index (χ1) is 4.72. The van der Waals surface area contributed by atoms with Crippen LogP contribution in [0.3, 0.4) is 0 Å². The van der Waals surface area contributed by atoms with Crippen LogP contribution in [0, 0.1) is 0 Å². The summed E-state index contributed by atoms with van der Waals surface area (Å²) >= 11 is 5.49. The first kappa shape index (κ1) is 7.08. The van der Waals surface area contributed by atoms with Gasteiger partial charge in [-0.05, 0) is 0 Å². The molecule has 0 aliphatic rings. The summed E-state index contributed by atoms with van der Waals surface area (Å²) in [5.74, 6) is 0.466. The van der Waals surface area contributed by atoms with E-state index in [4.69, 9.17) is 11.6 Å². The molecule has 5 heteroatoms. The van der Waals surface area contributed by atoms with Gasteiger partial charge in [0, 0.05) is 13.1 Å². The fourth-order valence-corrected chi connectivity index (χ4v) is 0.740. The zero-order valence-electron chi connectivity index (χ0n) is 5.31. The van der Waals surface area contributed by atoms with Gasteiger partial charge in [0.1, 0.15) is 11.0 Å². The Bertz CT molecular complexity index is 282. The van der Waals surface area contributed by atoms with Crippen LogP contribution in [-0.4, -0.2) is 17.0 Å². The molecule has 10 heavy (non-hydrogen) atoms. The molecule has 0 aromatic carbocycles. The van der Waals surface area contributed by atoms with Gasteiger partial charge in [0.05, 0.1) is 0 Å². The van der Waals surface area contributed by atoms with Crippen molar-refractivity contribution in [3.63, 3.8) is 0 Å². The van der Waals surface area contributed by atoms with Crippen LogP contribution in [0.25, 0.3) is 0 Å². The number of nitrogens with zero attached hydrogens (tertiary/aromatic N) is 1. The maximum atomic E-state index is 10.6. The normalized spacial score (nSPS) is 9.40. The Hall–Kier alpha value is -1.03. The molecule has 0 saturated carbocycles. The molecule has 1 aromatic heterocycles. The highest BCUT2D eigenvalue weighted by Gasteiger charge is 1.93. The number of aromatic nitrogens is 2. The van der Waals surface area contributed by atoms with Crippen LogP contribution in [0.1, 0.15) is 0 Å². The average Bonchev–Trinajstić information content (AvgIpc) is 1.85. The van der Waals surface area contributed by atoms with Crippen LogP contribution >= 0.6 is 11.6 Å². The van der Waals surface area contributed by atoms with Crippen LogP contribution in [0.5, 0.6) is 0 Å². The summed E-state index contributed by atoms with van der Waals surface area (Å²) in [5.41, 5.74) is -0.447. The van der Waals surface area contributed by atoms with E-state index in [1.807, 2.05) is 0 Å². The predicted octanol–water partition coefficient (Wildman–Crippen LogP) is 0.465. The molecular formula is C5H6ClN3O. The second-order valence-corrected chi connectivity index (χ2v) is 2.08. The van der Waals surface area contributed by atoms with Crippen molar-refractivity contribution in [3.8, 4) is 0 Å². The van der Waals surface area contributed by atoms with Crippen molar-refractivity contribution in [2.24, 2.45) is 0 Å². The molecule has 0 saturated heterocycles. The number of nitrogens with one attached hydrogen (secondary N) is 2. The maximum absolute atomic E-state index is 10.6. The van der Waals surface area contributed by atoms with E-state index in [0.29, 0.717) is 5.82 Å². The number of rotatable bonds is 1. The van der Waals surface area contributed by atoms with E-state index < -0.39 is 5.69 Å². The smallest absolute Gasteiger partial charge is 0.347 e. The summed E-state index contributed by atoms with van der Waals surface area (Å²) < 4.78 is 0. The molecule has 0 amide bonds. The summed E-state index contributed by atoms with van der Waals surface area (Å²) in [4.78, 5) is 16.4. The molecule has 1 heterocycles. The second kappa shape index (κ2) is 2.70. The Labute approximate surface area is 62.3 Å². The Morgan fingerprint density at radius 2 is 2.50 bits per heavy atom. The highest BCUT2D eigenvalue weighted by molar-refractivity contribution is 6.29. The number of anilines is 1. The third-order valence-corrected chi connectivity index (χ3v) is 1.17. The SMILES string of the molecule is CNc1cc(Cl)[nH]c(=O)n1. The van der Waals surface area contributed by atoms with Crippen molar-refractivity contribution in [1.82, 2.24) is 9.97 Å². The van der Waals surface area contributed by atoms with Gasteiger partial charge in [-0.3, -0.25) is 4.98 Å². The van der Waals surface area contributed by atoms with E-state index in [9.17, 15) is 4.79 Å². The zero-order chi connectivity index (χ0) is 7.56. The zero-order valence-corrected chi connectivity index (χ0v) is 6.07. The maximum Gasteiger partial charge on any atom is 0.347 e. The van der Waals surface area contributed by atoms with Crippen LogP contribution in [0.15, 0.2) is 10.9 Å². The number of H-pyrrole nitrogens is 1. The van der Waals surface area contributed by atoms with Crippen LogP contribution in [-0.2, 0) is 0 Å². The van der Waals surface area contributed by atoms with Crippen LogP contribution < -0.4 is 11.0 Å². The van der Waals surface area contributed by atoms with Gasteiger partial charge >= 0.3 is 5.69 Å². The number of hydrogen-bond donors (Lipinski definition) is 2. The summed E-state index contributed by atoms with van der Waals surface area (Å²) in [6.07, 6.45) is 0. The van der Waals surface area contributed by atoms with E-state index in [-0.39, 0.29) is 5.15 Å². The third kappa shape index (κ3) is 1.48. The minimum absolute atomic E-state index is 0.282. The molecule has 0 atom stereocenters. The van der Waals surface area contributed by atoms with E-state index in [1.165, 1.54) is 6.07 Å². The molecule has 0 aliphatic carbocycles. The lowest BCUT2D eigenvalue weighted by Gasteiger charge is -1.95. The van der Waals surface area contributed by atoms with Crippen molar-refractivity contribution >= 4 is 17.4 Å². The molecule has 0 fully saturated rings. The number of halogens is 1. The lowest BCUT2D eigenvalue weighted by atomic mass is 10.6. The highest BCUT2D eigenvalue weighted by atomic mass is 35.5. The molecule has 0 unspecified atom stereocenters. The first-order valence-electron chi connectivity index (χ1n) is 2.67. The lowest BCUT2D eigenvalue weighted by molar-refractivity contribution is 1.07. The van der Waals surface area contributed by atoms with Crippen LogP contribution in [0.2, 0.25) is 5.15 Å². The molecular weight excluding hydrogens is 154 g/mol. The standard InChI is InChI=1S/C5H6ClN3O/c1-7-4-2-3(6)8-5(10)9-4/h2H,1H3,(H2,7,8,9,10). The average molecular weight is 160 g/mol. The van der Waals surface area contributed by atoms with Crippen molar-refractivity contribution < 1.29 is 0 Å². The Morgan fingerprint density at radius 3 is 3.00 bits per heavy atom. The van der Waals surface area contributed by atoms with Crippen molar-refractivity contribution in [2.45, 2.75) is 0 Å². The molecule has 0 spiro atoms. The summed E-state index contributed by atoms with van der Waals surface area (Å²) in [6.45, 7) is 0. The molecule has 54 valence electrons. The summed E-state index contributed by atoms with van der Waals surface area (Å²) in [7, 11) is 1.66. The lowest BCUT2D eigenvalue weighted by Crippen LogP contribution is -2.11. The van der Waals surface area contributed by atoms with E-state index in [2.05, 4.69) is 15.3 Å². The number of aromatic amines is 1. The van der Waals surface area contributed by atoms with E-state index in [0.717, 1.165) is 0 Å². The van der Waals surface area contributed by atoms with Gasteiger partial charge in [0.25, 0.3) is 0 Å². The third-order valence-electron chi connectivity index (χ3n) is 0.968. The summed E-state index contributed by atoms with van der Waals surface area (Å²) in [6, 6.07) is 1.53. The molecule has 0 bridgehead atoms. The van der Waals surface area contributed by atoms with E-state index >= 15 is 0 Å². The van der Waals surface area contributed by atoms with E-state index in [1.54, 1.807) is 7.05 Å².